The molecule has 2 atom stereocenters. The molecule has 6 heteroatoms. The van der Waals surface area contributed by atoms with Gasteiger partial charge in [0.25, 0.3) is 5.69 Å². The molecule has 1 aliphatic heterocycles. The Morgan fingerprint density at radius 2 is 2.00 bits per heavy atom. The van der Waals surface area contributed by atoms with Crippen molar-refractivity contribution in [3.8, 4) is 0 Å². The SMILES string of the molecule is C[C@H]1CN(c2ccc(Cl)cc2[N+](=O)[O-])C[C@H](C)N1. The van der Waals surface area contributed by atoms with Crippen LogP contribution in [-0.4, -0.2) is 30.1 Å². The standard InChI is InChI=1S/C12H16ClN3O2/c1-8-6-15(7-9(2)14-8)11-4-3-10(13)5-12(11)16(17)18/h3-5,8-9,14H,6-7H2,1-2H3/t8-,9-/m0/s1. The summed E-state index contributed by atoms with van der Waals surface area (Å²) in [5.74, 6) is 0. The molecule has 0 unspecified atom stereocenters. The molecule has 0 aromatic heterocycles. The Bertz CT molecular complexity index is 457. The fraction of sp³-hybridized carbons (Fsp3) is 0.500. The molecule has 1 saturated heterocycles. The van der Waals surface area contributed by atoms with Crippen molar-refractivity contribution in [1.82, 2.24) is 5.32 Å². The smallest absolute Gasteiger partial charge is 0.294 e. The first-order chi connectivity index (χ1) is 8.47. The number of piperazine rings is 1. The van der Waals surface area contributed by atoms with E-state index in [2.05, 4.69) is 19.2 Å². The van der Waals surface area contributed by atoms with Gasteiger partial charge >= 0.3 is 0 Å². The van der Waals surface area contributed by atoms with Gasteiger partial charge in [-0.3, -0.25) is 10.1 Å². The quantitative estimate of drug-likeness (QED) is 0.662. The van der Waals surface area contributed by atoms with Crippen LogP contribution >= 0.6 is 11.6 Å². The van der Waals surface area contributed by atoms with E-state index in [0.29, 0.717) is 22.8 Å². The van der Waals surface area contributed by atoms with Gasteiger partial charge in [-0.15, -0.1) is 0 Å². The van der Waals surface area contributed by atoms with Crippen LogP contribution in [0.5, 0.6) is 0 Å². The summed E-state index contributed by atoms with van der Waals surface area (Å²) in [4.78, 5) is 12.7. The summed E-state index contributed by atoms with van der Waals surface area (Å²) in [5, 5.41) is 14.9. The Morgan fingerprint density at radius 1 is 1.39 bits per heavy atom. The number of nitrogens with one attached hydrogen (secondary N) is 1. The monoisotopic (exact) mass is 269 g/mol. The van der Waals surface area contributed by atoms with Crippen molar-refractivity contribution in [1.29, 1.82) is 0 Å². The van der Waals surface area contributed by atoms with Gasteiger partial charge in [0.05, 0.1) is 4.92 Å². The number of nitrogens with zero attached hydrogens (tertiary/aromatic N) is 2. The largest absolute Gasteiger partial charge is 0.363 e. The number of hydrogen-bond acceptors (Lipinski definition) is 4. The van der Waals surface area contributed by atoms with Gasteiger partial charge in [0.2, 0.25) is 0 Å². The second-order valence-electron chi connectivity index (χ2n) is 4.76. The van der Waals surface area contributed by atoms with Gasteiger partial charge in [0.1, 0.15) is 5.69 Å². The van der Waals surface area contributed by atoms with Crippen molar-refractivity contribution in [3.05, 3.63) is 33.3 Å². The zero-order valence-electron chi connectivity index (χ0n) is 10.4. The third kappa shape index (κ3) is 2.73. The van der Waals surface area contributed by atoms with Gasteiger partial charge in [0.15, 0.2) is 0 Å². The van der Waals surface area contributed by atoms with Crippen LogP contribution in [0.2, 0.25) is 5.02 Å². The summed E-state index contributed by atoms with van der Waals surface area (Å²) in [6.45, 7) is 5.66. The number of halogens is 1. The minimum Gasteiger partial charge on any atom is -0.363 e. The Kier molecular flexibility index (Phi) is 3.73. The maximum atomic E-state index is 11.1. The number of anilines is 1. The molecule has 1 aromatic carbocycles. The fourth-order valence-corrected chi connectivity index (χ4v) is 2.60. The van der Waals surface area contributed by atoms with Gasteiger partial charge in [-0.25, -0.2) is 0 Å². The van der Waals surface area contributed by atoms with Crippen LogP contribution in [0.25, 0.3) is 0 Å². The van der Waals surface area contributed by atoms with Gasteiger partial charge in [-0.05, 0) is 26.0 Å². The maximum absolute atomic E-state index is 11.1. The molecule has 1 fully saturated rings. The highest BCUT2D eigenvalue weighted by Crippen LogP contribution is 2.31. The molecule has 0 aliphatic carbocycles. The Balaban J connectivity index is 2.35. The molecular weight excluding hydrogens is 254 g/mol. The van der Waals surface area contributed by atoms with E-state index in [1.165, 1.54) is 6.07 Å². The molecule has 0 amide bonds. The Labute approximate surface area is 111 Å². The van der Waals surface area contributed by atoms with E-state index in [-0.39, 0.29) is 10.6 Å². The highest BCUT2D eigenvalue weighted by molar-refractivity contribution is 6.30. The van der Waals surface area contributed by atoms with Gasteiger partial charge in [-0.2, -0.15) is 0 Å². The van der Waals surface area contributed by atoms with Crippen LogP contribution in [0.1, 0.15) is 13.8 Å². The molecule has 1 aromatic rings. The molecule has 0 radical (unpaired) electrons. The summed E-state index contributed by atoms with van der Waals surface area (Å²) in [7, 11) is 0. The summed E-state index contributed by atoms with van der Waals surface area (Å²) >= 11 is 5.82. The first-order valence-corrected chi connectivity index (χ1v) is 6.30. The van der Waals surface area contributed by atoms with Crippen LogP contribution in [0, 0.1) is 10.1 Å². The summed E-state index contributed by atoms with van der Waals surface area (Å²) in [6.07, 6.45) is 0. The second kappa shape index (κ2) is 5.12. The lowest BCUT2D eigenvalue weighted by Crippen LogP contribution is -2.54. The van der Waals surface area contributed by atoms with Crippen molar-refractivity contribution in [2.75, 3.05) is 18.0 Å². The van der Waals surface area contributed by atoms with E-state index in [9.17, 15) is 10.1 Å². The van der Waals surface area contributed by atoms with E-state index in [4.69, 9.17) is 11.6 Å². The minimum absolute atomic E-state index is 0.0730. The first kappa shape index (κ1) is 13.1. The molecule has 2 rings (SSSR count). The average Bonchev–Trinajstić information content (AvgIpc) is 2.27. The summed E-state index contributed by atoms with van der Waals surface area (Å²) < 4.78 is 0. The van der Waals surface area contributed by atoms with Crippen molar-refractivity contribution >= 4 is 23.0 Å². The molecule has 1 N–H and O–H groups in total. The predicted molar refractivity (Wildman–Crippen MR) is 72.4 cm³/mol. The zero-order valence-corrected chi connectivity index (χ0v) is 11.1. The number of nitro groups is 1. The third-order valence-corrected chi connectivity index (χ3v) is 3.27. The minimum atomic E-state index is -0.376. The normalized spacial score (nSPS) is 24.1. The fourth-order valence-electron chi connectivity index (χ4n) is 2.43. The maximum Gasteiger partial charge on any atom is 0.294 e. The van der Waals surface area contributed by atoms with Gasteiger partial charge < -0.3 is 10.2 Å². The van der Waals surface area contributed by atoms with Crippen LogP contribution in [-0.2, 0) is 0 Å². The van der Waals surface area contributed by atoms with E-state index >= 15 is 0 Å². The average molecular weight is 270 g/mol. The number of nitro benzene ring substituents is 1. The van der Waals surface area contributed by atoms with Crippen LogP contribution in [0.15, 0.2) is 18.2 Å². The molecule has 98 valence electrons. The zero-order chi connectivity index (χ0) is 13.3. The van der Waals surface area contributed by atoms with Crippen molar-refractivity contribution in [3.63, 3.8) is 0 Å². The van der Waals surface area contributed by atoms with E-state index in [0.717, 1.165) is 13.1 Å². The first-order valence-electron chi connectivity index (χ1n) is 5.92. The molecule has 0 saturated carbocycles. The molecule has 1 heterocycles. The highest BCUT2D eigenvalue weighted by atomic mass is 35.5. The van der Waals surface area contributed by atoms with Crippen LogP contribution in [0.3, 0.4) is 0 Å². The molecule has 18 heavy (non-hydrogen) atoms. The van der Waals surface area contributed by atoms with E-state index < -0.39 is 0 Å². The van der Waals surface area contributed by atoms with Crippen molar-refractivity contribution in [2.45, 2.75) is 25.9 Å². The second-order valence-corrected chi connectivity index (χ2v) is 5.20. The Hall–Kier alpha value is -1.33. The molecule has 5 nitrogen and oxygen atoms in total. The number of rotatable bonds is 2. The summed E-state index contributed by atoms with van der Waals surface area (Å²) in [6, 6.07) is 5.45. The predicted octanol–water partition coefficient (Wildman–Crippen LogP) is 2.43. The highest BCUT2D eigenvalue weighted by Gasteiger charge is 2.26. The van der Waals surface area contributed by atoms with Crippen LogP contribution in [0.4, 0.5) is 11.4 Å². The lowest BCUT2D eigenvalue weighted by molar-refractivity contribution is -0.384. The molecule has 0 bridgehead atoms. The van der Waals surface area contributed by atoms with Gasteiger partial charge in [-0.1, -0.05) is 11.6 Å². The lowest BCUT2D eigenvalue weighted by atomic mass is 10.1. The molecule has 0 spiro atoms. The van der Waals surface area contributed by atoms with Gasteiger partial charge in [0, 0.05) is 36.3 Å². The molecule has 1 aliphatic rings. The van der Waals surface area contributed by atoms with Crippen molar-refractivity contribution in [2.24, 2.45) is 0 Å². The number of hydrogen-bond donors (Lipinski definition) is 1. The van der Waals surface area contributed by atoms with Crippen LogP contribution < -0.4 is 10.2 Å². The summed E-state index contributed by atoms with van der Waals surface area (Å²) in [5.41, 5.74) is 0.716. The number of benzene rings is 1. The van der Waals surface area contributed by atoms with Crippen molar-refractivity contribution < 1.29 is 4.92 Å². The van der Waals surface area contributed by atoms with E-state index in [1.54, 1.807) is 12.1 Å². The third-order valence-electron chi connectivity index (χ3n) is 3.03. The molecular formula is C12H16ClN3O2. The lowest BCUT2D eigenvalue weighted by Gasteiger charge is -2.37. The van der Waals surface area contributed by atoms with E-state index in [1.807, 2.05) is 4.90 Å². The topological polar surface area (TPSA) is 58.4 Å². The Morgan fingerprint density at radius 3 is 2.56 bits per heavy atom.